The lowest BCUT2D eigenvalue weighted by Crippen LogP contribution is -2.32. The molecule has 1 heterocycles. The zero-order valence-electron chi connectivity index (χ0n) is 12.5. The Bertz CT molecular complexity index is 474. The van der Waals surface area contributed by atoms with Crippen molar-refractivity contribution in [1.82, 2.24) is 5.32 Å². The average Bonchev–Trinajstić information content (AvgIpc) is 2.41. The molecule has 4 nitrogen and oxygen atoms in total. The van der Waals surface area contributed by atoms with Gasteiger partial charge >= 0.3 is 0 Å². The predicted molar refractivity (Wildman–Crippen MR) is 81.2 cm³/mol. The maximum Gasteiger partial charge on any atom is 0.251 e. The average molecular weight is 276 g/mol. The van der Waals surface area contributed by atoms with Gasteiger partial charge in [-0.05, 0) is 57.4 Å². The minimum Gasteiger partial charge on any atom is -0.382 e. The molecule has 1 saturated heterocycles. The Labute approximate surface area is 120 Å². The molecule has 2 rings (SSSR count). The van der Waals surface area contributed by atoms with Crippen molar-refractivity contribution in [2.24, 2.45) is 0 Å². The van der Waals surface area contributed by atoms with Gasteiger partial charge < -0.3 is 15.4 Å². The number of aryl methyl sites for hydroxylation is 1. The maximum atomic E-state index is 11.8. The molecule has 20 heavy (non-hydrogen) atoms. The minimum atomic E-state index is -0.0122. The monoisotopic (exact) mass is 276 g/mol. The van der Waals surface area contributed by atoms with Crippen molar-refractivity contribution >= 4 is 11.6 Å². The molecule has 0 bridgehead atoms. The summed E-state index contributed by atoms with van der Waals surface area (Å²) in [7, 11) is 0. The predicted octanol–water partition coefficient (Wildman–Crippen LogP) is 2.72. The topological polar surface area (TPSA) is 50.4 Å². The van der Waals surface area contributed by atoms with Crippen molar-refractivity contribution in [2.75, 3.05) is 18.5 Å². The first-order valence-electron chi connectivity index (χ1n) is 7.37. The molecular weight excluding hydrogens is 252 g/mol. The Balaban J connectivity index is 2.04. The van der Waals surface area contributed by atoms with Crippen LogP contribution in [0.1, 0.15) is 42.6 Å². The van der Waals surface area contributed by atoms with E-state index in [9.17, 15) is 4.79 Å². The molecule has 110 valence electrons. The van der Waals surface area contributed by atoms with Gasteiger partial charge in [0.1, 0.15) is 0 Å². The van der Waals surface area contributed by atoms with Gasteiger partial charge in [-0.1, -0.05) is 0 Å². The second kappa shape index (κ2) is 6.75. The summed E-state index contributed by atoms with van der Waals surface area (Å²) in [6.07, 6.45) is 2.37. The summed E-state index contributed by atoms with van der Waals surface area (Å²) >= 11 is 0. The van der Waals surface area contributed by atoms with Crippen LogP contribution in [-0.2, 0) is 4.74 Å². The second-order valence-electron chi connectivity index (χ2n) is 5.44. The van der Waals surface area contributed by atoms with Crippen molar-refractivity contribution in [1.29, 1.82) is 0 Å². The standard InChI is InChI=1S/C16H24N2O2/c1-4-17-16(19)13-5-6-15(11(2)9-13)18-14-7-8-20-12(3)10-14/h5-6,9,12,14,18H,4,7-8,10H2,1-3H3,(H,17,19). The zero-order valence-corrected chi connectivity index (χ0v) is 12.5. The molecule has 2 unspecified atom stereocenters. The van der Waals surface area contributed by atoms with Crippen molar-refractivity contribution in [3.8, 4) is 0 Å². The van der Waals surface area contributed by atoms with Crippen LogP contribution >= 0.6 is 0 Å². The molecule has 1 aromatic carbocycles. The maximum absolute atomic E-state index is 11.8. The van der Waals surface area contributed by atoms with Gasteiger partial charge in [0.25, 0.3) is 5.91 Å². The van der Waals surface area contributed by atoms with Crippen LogP contribution in [0.15, 0.2) is 18.2 Å². The molecule has 1 aromatic rings. The lowest BCUT2D eigenvalue weighted by molar-refractivity contribution is 0.0232. The molecule has 2 atom stereocenters. The van der Waals surface area contributed by atoms with Crippen LogP contribution < -0.4 is 10.6 Å². The number of anilines is 1. The largest absolute Gasteiger partial charge is 0.382 e. The van der Waals surface area contributed by atoms with Crippen molar-refractivity contribution in [3.63, 3.8) is 0 Å². The Morgan fingerprint density at radius 2 is 2.25 bits per heavy atom. The number of rotatable bonds is 4. The summed E-state index contributed by atoms with van der Waals surface area (Å²) in [5.41, 5.74) is 2.93. The summed E-state index contributed by atoms with van der Waals surface area (Å²) in [4.78, 5) is 11.8. The molecular formula is C16H24N2O2. The molecule has 1 fully saturated rings. The van der Waals surface area contributed by atoms with Crippen LogP contribution in [0.4, 0.5) is 5.69 Å². The van der Waals surface area contributed by atoms with E-state index < -0.39 is 0 Å². The third-order valence-electron chi connectivity index (χ3n) is 3.67. The third-order valence-corrected chi connectivity index (χ3v) is 3.67. The quantitative estimate of drug-likeness (QED) is 0.889. The molecule has 0 saturated carbocycles. The third kappa shape index (κ3) is 3.73. The minimum absolute atomic E-state index is 0.0122. The van der Waals surface area contributed by atoms with E-state index in [4.69, 9.17) is 4.74 Å². The molecule has 2 N–H and O–H groups in total. The number of amides is 1. The van der Waals surface area contributed by atoms with E-state index in [1.54, 1.807) is 0 Å². The van der Waals surface area contributed by atoms with Crippen LogP contribution in [0.25, 0.3) is 0 Å². The summed E-state index contributed by atoms with van der Waals surface area (Å²) in [6, 6.07) is 6.27. The van der Waals surface area contributed by atoms with Gasteiger partial charge in [0, 0.05) is 30.4 Å². The zero-order chi connectivity index (χ0) is 14.5. The van der Waals surface area contributed by atoms with Gasteiger partial charge in [0.2, 0.25) is 0 Å². The number of benzene rings is 1. The van der Waals surface area contributed by atoms with Gasteiger partial charge in [-0.3, -0.25) is 4.79 Å². The Morgan fingerprint density at radius 3 is 2.90 bits per heavy atom. The lowest BCUT2D eigenvalue weighted by Gasteiger charge is -2.29. The fourth-order valence-electron chi connectivity index (χ4n) is 2.58. The van der Waals surface area contributed by atoms with Gasteiger partial charge in [0.15, 0.2) is 0 Å². The Morgan fingerprint density at radius 1 is 1.45 bits per heavy atom. The lowest BCUT2D eigenvalue weighted by atomic mass is 10.0. The Kier molecular flexibility index (Phi) is 5.01. The first-order chi connectivity index (χ1) is 9.60. The smallest absolute Gasteiger partial charge is 0.251 e. The molecule has 0 aliphatic carbocycles. The van der Waals surface area contributed by atoms with Crippen molar-refractivity contribution < 1.29 is 9.53 Å². The highest BCUT2D eigenvalue weighted by Crippen LogP contribution is 2.22. The normalized spacial score (nSPS) is 22.4. The van der Waals surface area contributed by atoms with Gasteiger partial charge in [0.05, 0.1) is 6.10 Å². The highest BCUT2D eigenvalue weighted by Gasteiger charge is 2.19. The molecule has 4 heteroatoms. The number of carbonyl (C=O) groups excluding carboxylic acids is 1. The highest BCUT2D eigenvalue weighted by atomic mass is 16.5. The molecule has 0 radical (unpaired) electrons. The summed E-state index contributed by atoms with van der Waals surface area (Å²) in [5.74, 6) is -0.0122. The molecule has 1 aliphatic heterocycles. The molecule has 1 aliphatic rings. The van der Waals surface area contributed by atoms with Crippen LogP contribution in [0.5, 0.6) is 0 Å². The number of nitrogens with one attached hydrogen (secondary N) is 2. The van der Waals surface area contributed by atoms with E-state index in [1.165, 1.54) is 0 Å². The SMILES string of the molecule is CCNC(=O)c1ccc(NC2CCOC(C)C2)c(C)c1. The number of hydrogen-bond acceptors (Lipinski definition) is 3. The molecule has 0 aromatic heterocycles. The fourth-order valence-corrected chi connectivity index (χ4v) is 2.58. The number of carbonyl (C=O) groups is 1. The van der Waals surface area contributed by atoms with Gasteiger partial charge in [-0.2, -0.15) is 0 Å². The second-order valence-corrected chi connectivity index (χ2v) is 5.44. The summed E-state index contributed by atoms with van der Waals surface area (Å²) in [6.45, 7) is 7.53. The highest BCUT2D eigenvalue weighted by molar-refractivity contribution is 5.94. The molecule has 0 spiro atoms. The van der Waals surface area contributed by atoms with Gasteiger partial charge in [-0.25, -0.2) is 0 Å². The first kappa shape index (κ1) is 14.9. The first-order valence-corrected chi connectivity index (χ1v) is 7.37. The van der Waals surface area contributed by atoms with Crippen molar-refractivity contribution in [3.05, 3.63) is 29.3 Å². The van der Waals surface area contributed by atoms with E-state index in [2.05, 4.69) is 17.6 Å². The van der Waals surface area contributed by atoms with E-state index in [0.717, 1.165) is 36.3 Å². The van der Waals surface area contributed by atoms with Crippen LogP contribution in [-0.4, -0.2) is 31.2 Å². The Hall–Kier alpha value is -1.55. The van der Waals surface area contributed by atoms with Crippen LogP contribution in [0.2, 0.25) is 0 Å². The van der Waals surface area contributed by atoms with E-state index in [0.29, 0.717) is 18.7 Å². The van der Waals surface area contributed by atoms with Crippen molar-refractivity contribution in [2.45, 2.75) is 45.8 Å². The fraction of sp³-hybridized carbons (Fsp3) is 0.562. The van der Waals surface area contributed by atoms with Crippen LogP contribution in [0.3, 0.4) is 0 Å². The van der Waals surface area contributed by atoms with E-state index in [-0.39, 0.29) is 5.91 Å². The molecule has 1 amide bonds. The summed E-state index contributed by atoms with van der Waals surface area (Å²) in [5, 5.41) is 6.39. The van der Waals surface area contributed by atoms with Gasteiger partial charge in [-0.15, -0.1) is 0 Å². The summed E-state index contributed by atoms with van der Waals surface area (Å²) < 4.78 is 5.56. The van der Waals surface area contributed by atoms with E-state index >= 15 is 0 Å². The number of ether oxygens (including phenoxy) is 1. The number of hydrogen-bond donors (Lipinski definition) is 2. The van der Waals surface area contributed by atoms with Crippen LogP contribution in [0, 0.1) is 6.92 Å². The van der Waals surface area contributed by atoms with E-state index in [1.807, 2.05) is 32.0 Å².